The van der Waals surface area contributed by atoms with Gasteiger partial charge < -0.3 is 9.15 Å². The van der Waals surface area contributed by atoms with Crippen molar-refractivity contribution in [3.8, 4) is 11.6 Å². The summed E-state index contributed by atoms with van der Waals surface area (Å²) in [5.41, 5.74) is -0.416. The van der Waals surface area contributed by atoms with Gasteiger partial charge in [0, 0.05) is 6.07 Å². The summed E-state index contributed by atoms with van der Waals surface area (Å²) in [6, 6.07) is 10.5. The highest BCUT2D eigenvalue weighted by Gasteiger charge is 2.06. The van der Waals surface area contributed by atoms with E-state index < -0.39 is 11.4 Å². The largest absolute Gasteiger partial charge is 0.439 e. The van der Waals surface area contributed by atoms with Crippen LogP contribution in [0, 0.1) is 0 Å². The lowest BCUT2D eigenvalue weighted by Crippen LogP contribution is -2.14. The Labute approximate surface area is 106 Å². The van der Waals surface area contributed by atoms with Crippen LogP contribution in [0.25, 0.3) is 10.9 Å². The minimum Gasteiger partial charge on any atom is -0.439 e. The van der Waals surface area contributed by atoms with Crippen molar-refractivity contribution in [1.29, 1.82) is 0 Å². The number of para-hydroxylation sites is 1. The van der Waals surface area contributed by atoms with Gasteiger partial charge in [-0.2, -0.15) is 0 Å². The molecule has 1 N–H and O–H groups in total. The number of hydrogen-bond donors (Lipinski definition) is 1. The third-order valence-electron chi connectivity index (χ3n) is 2.49. The predicted molar refractivity (Wildman–Crippen MR) is 67.4 cm³/mol. The van der Waals surface area contributed by atoms with Crippen molar-refractivity contribution in [1.82, 2.24) is 9.97 Å². The quantitative estimate of drug-likeness (QED) is 0.753. The molecule has 0 unspecified atom stereocenters. The first-order chi connectivity index (χ1) is 9.22. The molecule has 0 saturated carbocycles. The molecule has 2 heterocycles. The Morgan fingerprint density at radius 3 is 2.74 bits per heavy atom. The second kappa shape index (κ2) is 4.41. The Hall–Kier alpha value is -2.89. The highest BCUT2D eigenvalue weighted by atomic mass is 16.5. The monoisotopic (exact) mass is 256 g/mol. The van der Waals surface area contributed by atoms with Gasteiger partial charge in [-0.05, 0) is 12.1 Å². The fraction of sp³-hybridized carbons (Fsp3) is 0. The maximum Gasteiger partial charge on any atom is 0.419 e. The smallest absolute Gasteiger partial charge is 0.419 e. The first kappa shape index (κ1) is 11.2. The maximum atomic E-state index is 11.5. The molecule has 6 nitrogen and oxygen atoms in total. The minimum atomic E-state index is -0.809. The molecular weight excluding hydrogens is 248 g/mol. The summed E-state index contributed by atoms with van der Waals surface area (Å²) < 4.78 is 9.93. The molecule has 0 saturated heterocycles. The predicted octanol–water partition coefficient (Wildman–Crippen LogP) is 1.67. The Kier molecular flexibility index (Phi) is 2.60. The van der Waals surface area contributed by atoms with Crippen LogP contribution in [0.2, 0.25) is 0 Å². The van der Waals surface area contributed by atoms with Gasteiger partial charge in [0.25, 0.3) is 0 Å². The molecule has 0 aliphatic carbocycles. The second-order valence-corrected chi connectivity index (χ2v) is 3.79. The molecule has 6 heteroatoms. The molecule has 3 aromatic rings. The number of ether oxygens (including phenoxy) is 1. The van der Waals surface area contributed by atoms with E-state index in [4.69, 9.17) is 4.74 Å². The molecule has 0 spiro atoms. The third kappa shape index (κ3) is 2.23. The lowest BCUT2D eigenvalue weighted by atomic mass is 10.3. The molecule has 0 fully saturated rings. The fourth-order valence-corrected chi connectivity index (χ4v) is 1.64. The molecule has 94 valence electrons. The van der Waals surface area contributed by atoms with Crippen molar-refractivity contribution in [2.45, 2.75) is 0 Å². The first-order valence-electron chi connectivity index (χ1n) is 5.48. The van der Waals surface area contributed by atoms with Gasteiger partial charge in [-0.15, -0.1) is 0 Å². The van der Waals surface area contributed by atoms with Gasteiger partial charge >= 0.3 is 11.4 Å². The molecule has 2 aromatic heterocycles. The molecule has 3 rings (SSSR count). The number of benzene rings is 1. The van der Waals surface area contributed by atoms with Crippen LogP contribution in [0.5, 0.6) is 11.6 Å². The molecule has 0 aliphatic heterocycles. The van der Waals surface area contributed by atoms with E-state index in [9.17, 15) is 9.59 Å². The zero-order valence-electron chi connectivity index (χ0n) is 9.62. The van der Waals surface area contributed by atoms with E-state index in [2.05, 4.69) is 14.4 Å². The summed E-state index contributed by atoms with van der Waals surface area (Å²) in [5, 5.41) is 0.209. The summed E-state index contributed by atoms with van der Waals surface area (Å²) in [7, 11) is 0. The van der Waals surface area contributed by atoms with Gasteiger partial charge in [0.2, 0.25) is 5.88 Å². The van der Waals surface area contributed by atoms with Crippen LogP contribution < -0.4 is 16.1 Å². The van der Waals surface area contributed by atoms with Gasteiger partial charge in [0.05, 0.1) is 17.1 Å². The summed E-state index contributed by atoms with van der Waals surface area (Å²) in [4.78, 5) is 28.9. The lowest BCUT2D eigenvalue weighted by Gasteiger charge is -2.04. The number of nitrogens with zero attached hydrogens (tertiary/aromatic N) is 1. The Bertz CT molecular complexity index is 836. The molecule has 0 aliphatic rings. The lowest BCUT2D eigenvalue weighted by molar-refractivity contribution is 0.453. The van der Waals surface area contributed by atoms with Crippen molar-refractivity contribution in [3.05, 3.63) is 63.6 Å². The van der Waals surface area contributed by atoms with E-state index >= 15 is 0 Å². The van der Waals surface area contributed by atoms with Crippen LogP contribution in [-0.2, 0) is 0 Å². The molecule has 0 bridgehead atoms. The summed E-state index contributed by atoms with van der Waals surface area (Å²) in [6.45, 7) is 0. The van der Waals surface area contributed by atoms with Crippen molar-refractivity contribution in [3.63, 3.8) is 0 Å². The number of hydrogen-bond acceptors (Lipinski definition) is 5. The van der Waals surface area contributed by atoms with Gasteiger partial charge in [0.1, 0.15) is 5.75 Å². The van der Waals surface area contributed by atoms with Crippen LogP contribution in [-0.4, -0.2) is 9.97 Å². The summed E-state index contributed by atoms with van der Waals surface area (Å²) in [6.07, 6.45) is 1.35. The van der Waals surface area contributed by atoms with E-state index in [0.29, 0.717) is 11.3 Å². The number of nitrogens with one attached hydrogen (secondary N) is 1. The molecule has 19 heavy (non-hydrogen) atoms. The Morgan fingerprint density at radius 2 is 1.95 bits per heavy atom. The summed E-state index contributed by atoms with van der Waals surface area (Å²) in [5.74, 6) is 0.0391. The third-order valence-corrected chi connectivity index (χ3v) is 2.49. The van der Waals surface area contributed by atoms with Gasteiger partial charge in [-0.3, -0.25) is 4.98 Å². The Balaban J connectivity index is 2.07. The van der Waals surface area contributed by atoms with E-state index in [1.54, 1.807) is 12.1 Å². The van der Waals surface area contributed by atoms with E-state index in [1.165, 1.54) is 12.3 Å². The van der Waals surface area contributed by atoms with E-state index in [0.717, 1.165) is 0 Å². The normalized spacial score (nSPS) is 10.5. The molecule has 1 aromatic carbocycles. The van der Waals surface area contributed by atoms with Crippen molar-refractivity contribution < 1.29 is 9.15 Å². The van der Waals surface area contributed by atoms with Gasteiger partial charge in [-0.25, -0.2) is 14.6 Å². The van der Waals surface area contributed by atoms with Crippen LogP contribution >= 0.6 is 0 Å². The van der Waals surface area contributed by atoms with Crippen LogP contribution in [0.15, 0.2) is 56.6 Å². The standard InChI is InChI=1S/C13H8N2O4/c16-12-9-6-11(18-8-4-2-1-3-5-8)14-7-10(9)15-13(17)19-12/h1-7H,(H,15,17). The van der Waals surface area contributed by atoms with Crippen molar-refractivity contribution >= 4 is 10.9 Å². The fourth-order valence-electron chi connectivity index (χ4n) is 1.64. The van der Waals surface area contributed by atoms with Gasteiger partial charge in [0.15, 0.2) is 0 Å². The van der Waals surface area contributed by atoms with E-state index in [-0.39, 0.29) is 11.3 Å². The second-order valence-electron chi connectivity index (χ2n) is 3.79. The Morgan fingerprint density at radius 1 is 1.16 bits per heavy atom. The van der Waals surface area contributed by atoms with Crippen molar-refractivity contribution in [2.75, 3.05) is 0 Å². The number of fused-ring (bicyclic) bond motifs is 1. The average Bonchev–Trinajstić information content (AvgIpc) is 2.40. The van der Waals surface area contributed by atoms with Crippen LogP contribution in [0.4, 0.5) is 0 Å². The maximum absolute atomic E-state index is 11.5. The highest BCUT2D eigenvalue weighted by molar-refractivity contribution is 5.76. The molecular formula is C13H8N2O4. The number of aromatic amines is 1. The SMILES string of the molecule is O=c1[nH]c2cnc(Oc3ccccc3)cc2c(=O)o1. The molecule has 0 radical (unpaired) electrons. The van der Waals surface area contributed by atoms with Crippen LogP contribution in [0.3, 0.4) is 0 Å². The van der Waals surface area contributed by atoms with Crippen molar-refractivity contribution in [2.24, 2.45) is 0 Å². The average molecular weight is 256 g/mol. The zero-order valence-corrected chi connectivity index (χ0v) is 9.62. The topological polar surface area (TPSA) is 85.2 Å². The minimum absolute atomic E-state index is 0.209. The van der Waals surface area contributed by atoms with Crippen LogP contribution in [0.1, 0.15) is 0 Å². The molecule has 0 amide bonds. The highest BCUT2D eigenvalue weighted by Crippen LogP contribution is 2.20. The number of aromatic nitrogens is 2. The zero-order chi connectivity index (χ0) is 13.2. The number of rotatable bonds is 2. The van der Waals surface area contributed by atoms with Gasteiger partial charge in [-0.1, -0.05) is 18.2 Å². The molecule has 0 atom stereocenters. The van der Waals surface area contributed by atoms with E-state index in [1.807, 2.05) is 18.2 Å². The summed E-state index contributed by atoms with van der Waals surface area (Å²) >= 11 is 0. The number of H-pyrrole nitrogens is 1. The first-order valence-corrected chi connectivity index (χ1v) is 5.48. The number of pyridine rings is 1.